The van der Waals surface area contributed by atoms with E-state index in [0.29, 0.717) is 36.3 Å². The minimum atomic E-state index is -0.593. The van der Waals surface area contributed by atoms with E-state index >= 15 is 0 Å². The highest BCUT2D eigenvalue weighted by Gasteiger charge is 2.22. The average Bonchev–Trinajstić information content (AvgIpc) is 2.77. The van der Waals surface area contributed by atoms with Crippen molar-refractivity contribution in [3.63, 3.8) is 0 Å². The lowest BCUT2D eigenvalue weighted by atomic mass is 10.1. The topological polar surface area (TPSA) is 96.0 Å². The van der Waals surface area contributed by atoms with Crippen molar-refractivity contribution in [2.24, 2.45) is 5.92 Å². The quantitative estimate of drug-likeness (QED) is 0.302. The van der Waals surface area contributed by atoms with Crippen LogP contribution in [-0.4, -0.2) is 42.5 Å². The largest absolute Gasteiger partial charge is 0.476 e. The van der Waals surface area contributed by atoms with Crippen LogP contribution in [0.15, 0.2) is 35.1 Å². The van der Waals surface area contributed by atoms with Gasteiger partial charge in [-0.25, -0.2) is 14.6 Å². The highest BCUT2D eigenvalue weighted by molar-refractivity contribution is 6.36. The molecule has 1 fully saturated rings. The molecule has 1 aliphatic heterocycles. The van der Waals surface area contributed by atoms with Crippen molar-refractivity contribution in [3.05, 3.63) is 62.3 Å². The van der Waals surface area contributed by atoms with E-state index in [0.717, 1.165) is 0 Å². The van der Waals surface area contributed by atoms with Crippen molar-refractivity contribution < 1.29 is 19.0 Å². The second-order valence-corrected chi connectivity index (χ2v) is 8.10. The Labute approximate surface area is 198 Å². The molecule has 9 nitrogen and oxygen atoms in total. The fourth-order valence-corrected chi connectivity index (χ4v) is 3.70. The van der Waals surface area contributed by atoms with Crippen molar-refractivity contribution in [1.82, 2.24) is 9.55 Å². The van der Waals surface area contributed by atoms with Crippen LogP contribution in [-0.2, 0) is 20.8 Å². The Morgan fingerprint density at radius 2 is 2.12 bits per heavy atom. The molecule has 0 aliphatic carbocycles. The maximum absolute atomic E-state index is 13.0. The van der Waals surface area contributed by atoms with Gasteiger partial charge in [0, 0.05) is 23.5 Å². The number of halogens is 2. The predicted octanol–water partition coefficient (Wildman–Crippen LogP) is 4.20. The molecule has 0 atom stereocenters. The highest BCUT2D eigenvalue weighted by atomic mass is 35.5. The Bertz CT molecular complexity index is 1330. The Kier molecular flexibility index (Phi) is 6.70. The zero-order valence-corrected chi connectivity index (χ0v) is 18.9. The normalized spacial score (nSPS) is 13.3. The molecule has 0 amide bonds. The van der Waals surface area contributed by atoms with Gasteiger partial charge in [-0.15, -0.1) is 0 Å². The van der Waals surface area contributed by atoms with Crippen molar-refractivity contribution in [2.45, 2.75) is 6.54 Å². The number of benzene rings is 1. The van der Waals surface area contributed by atoms with Gasteiger partial charge in [0.1, 0.15) is 11.0 Å². The smallest absolute Gasteiger partial charge is 0.343 e. The van der Waals surface area contributed by atoms with Crippen LogP contribution in [0.25, 0.3) is 15.7 Å². The molecule has 1 N–H and O–H groups in total. The number of nitrogens with one attached hydrogen (secondary N) is 1. The van der Waals surface area contributed by atoms with E-state index in [1.54, 1.807) is 28.8 Å². The van der Waals surface area contributed by atoms with Crippen LogP contribution < -0.4 is 15.6 Å². The lowest BCUT2D eigenvalue weighted by Crippen LogP contribution is -2.35. The second kappa shape index (κ2) is 9.67. The maximum atomic E-state index is 13.0. The first-order valence-electron chi connectivity index (χ1n) is 9.85. The molecule has 0 saturated carbocycles. The monoisotopic (exact) mass is 488 g/mol. The number of ether oxygens (including phenoxy) is 3. The summed E-state index contributed by atoms with van der Waals surface area (Å²) in [5, 5.41) is 4.05. The molecule has 3 heterocycles. The summed E-state index contributed by atoms with van der Waals surface area (Å²) in [7, 11) is 1.25. The van der Waals surface area contributed by atoms with Gasteiger partial charge < -0.3 is 24.1 Å². The molecule has 0 spiro atoms. The number of hydrogen-bond donors (Lipinski definition) is 1. The third-order valence-electron chi connectivity index (χ3n) is 5.08. The first-order chi connectivity index (χ1) is 15.9. The van der Waals surface area contributed by atoms with Gasteiger partial charge in [0.25, 0.3) is 5.56 Å². The number of methoxy groups -OCH3 is 1. The summed E-state index contributed by atoms with van der Waals surface area (Å²) in [6, 6.07) is 8.38. The Balaban J connectivity index is 1.73. The van der Waals surface area contributed by atoms with Gasteiger partial charge >= 0.3 is 5.97 Å². The zero-order valence-electron chi connectivity index (χ0n) is 17.4. The summed E-state index contributed by atoms with van der Waals surface area (Å²) in [6.07, 6.45) is 0. The Morgan fingerprint density at radius 1 is 1.33 bits per heavy atom. The van der Waals surface area contributed by atoms with E-state index in [-0.39, 0.29) is 45.5 Å². The standard InChI is InChI=1S/C22H18Cl2N4O5/c1-25-16-7-15(23)21(27-20(16)24)26-14-3-4-17-13(5-14)6-18(33-11-19(29)31-2)22(30)28(17)8-12-9-32-10-12/h3-7,12H,8-11H2,2H3,(H,26,27). The van der Waals surface area contributed by atoms with Gasteiger partial charge in [-0.05, 0) is 30.3 Å². The first-order valence-corrected chi connectivity index (χ1v) is 10.6. The molecular weight excluding hydrogens is 471 g/mol. The van der Waals surface area contributed by atoms with Crippen LogP contribution >= 0.6 is 23.2 Å². The molecule has 11 heteroatoms. The van der Waals surface area contributed by atoms with E-state index in [9.17, 15) is 9.59 Å². The predicted molar refractivity (Wildman–Crippen MR) is 124 cm³/mol. The summed E-state index contributed by atoms with van der Waals surface area (Å²) in [5.74, 6) is -0.0589. The third kappa shape index (κ3) is 4.88. The number of fused-ring (bicyclic) bond motifs is 1. The number of hydrogen-bond acceptors (Lipinski definition) is 7. The molecule has 4 rings (SSSR count). The Hall–Kier alpha value is -3.32. The molecule has 33 heavy (non-hydrogen) atoms. The molecule has 0 unspecified atom stereocenters. The Morgan fingerprint density at radius 3 is 2.79 bits per heavy atom. The lowest BCUT2D eigenvalue weighted by molar-refractivity contribution is -0.142. The SMILES string of the molecule is [C-]#[N+]c1cc(Cl)c(Nc2ccc3c(c2)cc(OCC(=O)OC)c(=O)n3CC2COC2)nc1Cl. The van der Waals surface area contributed by atoms with Crippen molar-refractivity contribution in [1.29, 1.82) is 0 Å². The molecule has 170 valence electrons. The molecule has 2 aromatic heterocycles. The molecule has 1 aromatic carbocycles. The minimum Gasteiger partial charge on any atom is -0.476 e. The van der Waals surface area contributed by atoms with Crippen LogP contribution in [0.5, 0.6) is 5.75 Å². The summed E-state index contributed by atoms with van der Waals surface area (Å²) in [6.45, 7) is 8.33. The molecule has 3 aromatic rings. The fourth-order valence-electron chi connectivity index (χ4n) is 3.33. The van der Waals surface area contributed by atoms with Crippen LogP contribution in [0.2, 0.25) is 10.2 Å². The molecule has 0 radical (unpaired) electrons. The molecule has 0 bridgehead atoms. The number of nitrogens with zero attached hydrogens (tertiary/aromatic N) is 3. The van der Waals surface area contributed by atoms with Crippen molar-refractivity contribution in [3.8, 4) is 5.75 Å². The molecular formula is C22H18Cl2N4O5. The van der Waals surface area contributed by atoms with Crippen LogP contribution in [0, 0.1) is 12.5 Å². The summed E-state index contributed by atoms with van der Waals surface area (Å²) >= 11 is 12.3. The van der Waals surface area contributed by atoms with Crippen molar-refractivity contribution >= 4 is 57.3 Å². The zero-order chi connectivity index (χ0) is 23.5. The van der Waals surface area contributed by atoms with Gasteiger partial charge in [-0.1, -0.05) is 23.2 Å². The number of carbonyl (C=O) groups excluding carboxylic acids is 1. The fraction of sp³-hybridized carbons (Fsp3) is 0.273. The number of rotatable bonds is 7. The number of carbonyl (C=O) groups is 1. The van der Waals surface area contributed by atoms with E-state index in [2.05, 4.69) is 19.9 Å². The van der Waals surface area contributed by atoms with E-state index in [4.69, 9.17) is 39.2 Å². The van der Waals surface area contributed by atoms with Gasteiger partial charge in [0.05, 0.1) is 37.4 Å². The summed E-state index contributed by atoms with van der Waals surface area (Å²) < 4.78 is 16.9. The van der Waals surface area contributed by atoms with Crippen molar-refractivity contribution in [2.75, 3.05) is 32.2 Å². The van der Waals surface area contributed by atoms with Gasteiger partial charge in [-0.3, -0.25) is 4.79 Å². The van der Waals surface area contributed by atoms with Gasteiger partial charge in [0.15, 0.2) is 12.4 Å². The summed E-state index contributed by atoms with van der Waals surface area (Å²) in [5.41, 5.74) is 1.13. The number of esters is 1. The van der Waals surface area contributed by atoms with Crippen LogP contribution in [0.4, 0.5) is 17.2 Å². The first kappa shape index (κ1) is 22.9. The van der Waals surface area contributed by atoms with Crippen LogP contribution in [0.1, 0.15) is 0 Å². The van der Waals surface area contributed by atoms with Gasteiger partial charge in [0.2, 0.25) is 5.69 Å². The number of pyridine rings is 2. The highest BCUT2D eigenvalue weighted by Crippen LogP contribution is 2.33. The van der Waals surface area contributed by atoms with Crippen LogP contribution in [0.3, 0.4) is 0 Å². The van der Waals surface area contributed by atoms with E-state index in [1.165, 1.54) is 13.2 Å². The second-order valence-electron chi connectivity index (χ2n) is 7.33. The maximum Gasteiger partial charge on any atom is 0.343 e. The minimum absolute atomic E-state index is 0.0332. The number of anilines is 2. The number of aromatic nitrogens is 2. The molecule has 1 aliphatic rings. The van der Waals surface area contributed by atoms with Gasteiger partial charge in [-0.2, -0.15) is 0 Å². The third-order valence-corrected chi connectivity index (χ3v) is 5.64. The lowest BCUT2D eigenvalue weighted by Gasteiger charge is -2.27. The van der Waals surface area contributed by atoms with E-state index < -0.39 is 5.97 Å². The molecule has 1 saturated heterocycles. The average molecular weight is 489 g/mol. The van der Waals surface area contributed by atoms with E-state index in [1.807, 2.05) is 0 Å². The summed E-state index contributed by atoms with van der Waals surface area (Å²) in [4.78, 5) is 32.0.